The number of phosphoric ester groups is 2. The second-order valence-corrected chi connectivity index (χ2v) is 31.1. The van der Waals surface area contributed by atoms with E-state index in [1.165, 1.54) is 193 Å². The molecular weight excluding hydrogens is 1230 g/mol. The van der Waals surface area contributed by atoms with E-state index < -0.39 is 97.5 Å². The molecule has 6 atom stereocenters. The maximum Gasteiger partial charge on any atom is 0.472 e. The van der Waals surface area contributed by atoms with Gasteiger partial charge >= 0.3 is 39.5 Å². The standard InChI is InChI=1S/C75H146O17P2/c1-8-10-11-12-13-14-15-16-17-18-22-27-35-42-49-56-72(77)85-62-70(91-74(79)58-51-44-37-28-23-20-19-21-25-32-39-46-53-66(3)4)64-89-93(81,82)87-60-69(76)61-88-94(83,84)90-65-71(92-75(80)59-52-45-38-29-24-26-33-40-47-54-67(5)6)63-86-73(78)57-50-43-36-31-30-34-41-48-55-68(7)9-2/h66-71,76H,8-65H2,1-7H3,(H,81,82)(H,83,84)/t68?,69-,70-,71-/m1/s1. The highest BCUT2D eigenvalue weighted by molar-refractivity contribution is 7.47. The lowest BCUT2D eigenvalue weighted by Crippen LogP contribution is -2.30. The molecule has 558 valence electrons. The Morgan fingerprint density at radius 2 is 0.543 bits per heavy atom. The van der Waals surface area contributed by atoms with Crippen LogP contribution >= 0.6 is 15.6 Å². The number of aliphatic hydroxyl groups is 1. The molecule has 0 bridgehead atoms. The van der Waals surface area contributed by atoms with Crippen molar-refractivity contribution in [2.24, 2.45) is 17.8 Å². The molecule has 0 aliphatic heterocycles. The number of carbonyl (C=O) groups excluding carboxylic acids is 4. The van der Waals surface area contributed by atoms with Crippen molar-refractivity contribution in [2.45, 2.75) is 401 Å². The van der Waals surface area contributed by atoms with Crippen LogP contribution in [0.4, 0.5) is 0 Å². The molecule has 0 saturated carbocycles. The van der Waals surface area contributed by atoms with Gasteiger partial charge < -0.3 is 33.8 Å². The molecule has 0 fully saturated rings. The van der Waals surface area contributed by atoms with Gasteiger partial charge in [0, 0.05) is 25.7 Å². The SMILES string of the molecule is CCCCCCCCCCCCCCCCCC(=O)OC[C@H](COP(=O)(O)OC[C@@H](O)COP(=O)(O)OC[C@@H](COC(=O)CCCCCCCCCCC(C)CC)OC(=O)CCCCCCCCCCCC(C)C)OC(=O)CCCCCCCCCCCCCCC(C)C. The number of rotatable bonds is 73. The third kappa shape index (κ3) is 67.3. The topological polar surface area (TPSA) is 237 Å². The first-order chi connectivity index (χ1) is 45.3. The van der Waals surface area contributed by atoms with Crippen LogP contribution in [0.2, 0.25) is 0 Å². The lowest BCUT2D eigenvalue weighted by Gasteiger charge is -2.21. The molecule has 0 spiro atoms. The molecule has 19 heteroatoms. The molecule has 0 aromatic heterocycles. The molecule has 0 aromatic rings. The van der Waals surface area contributed by atoms with E-state index in [2.05, 4.69) is 48.5 Å². The van der Waals surface area contributed by atoms with Crippen molar-refractivity contribution < 1.29 is 80.2 Å². The van der Waals surface area contributed by atoms with Gasteiger partial charge in [-0.3, -0.25) is 37.3 Å². The van der Waals surface area contributed by atoms with E-state index in [4.69, 9.17) is 37.0 Å². The number of hydrogen-bond acceptors (Lipinski definition) is 15. The van der Waals surface area contributed by atoms with E-state index in [0.29, 0.717) is 25.7 Å². The van der Waals surface area contributed by atoms with Crippen LogP contribution in [0.1, 0.15) is 382 Å². The van der Waals surface area contributed by atoms with Crippen molar-refractivity contribution in [3.8, 4) is 0 Å². The largest absolute Gasteiger partial charge is 0.472 e. The van der Waals surface area contributed by atoms with Crippen LogP contribution in [0.3, 0.4) is 0 Å². The Labute approximate surface area is 575 Å². The maximum absolute atomic E-state index is 13.1. The van der Waals surface area contributed by atoms with Crippen molar-refractivity contribution in [1.29, 1.82) is 0 Å². The highest BCUT2D eigenvalue weighted by Crippen LogP contribution is 2.45. The minimum atomic E-state index is -4.96. The van der Waals surface area contributed by atoms with Crippen molar-refractivity contribution in [1.82, 2.24) is 0 Å². The number of phosphoric acid groups is 2. The van der Waals surface area contributed by atoms with Crippen LogP contribution in [-0.2, 0) is 65.4 Å². The zero-order valence-electron chi connectivity index (χ0n) is 61.4. The molecule has 0 rings (SSSR count). The lowest BCUT2D eigenvalue weighted by molar-refractivity contribution is -0.161. The summed E-state index contributed by atoms with van der Waals surface area (Å²) in [5.41, 5.74) is 0. The normalized spacial score (nSPS) is 14.4. The monoisotopic (exact) mass is 1380 g/mol. The van der Waals surface area contributed by atoms with Gasteiger partial charge in [-0.05, 0) is 43.4 Å². The molecule has 0 amide bonds. The summed E-state index contributed by atoms with van der Waals surface area (Å²) in [6, 6.07) is 0. The van der Waals surface area contributed by atoms with Gasteiger partial charge in [0.15, 0.2) is 12.2 Å². The molecule has 0 aromatic carbocycles. The third-order valence-electron chi connectivity index (χ3n) is 17.7. The van der Waals surface area contributed by atoms with E-state index in [1.54, 1.807) is 0 Å². The zero-order chi connectivity index (χ0) is 69.4. The van der Waals surface area contributed by atoms with Gasteiger partial charge in [0.25, 0.3) is 0 Å². The van der Waals surface area contributed by atoms with E-state index in [-0.39, 0.29) is 25.7 Å². The van der Waals surface area contributed by atoms with Gasteiger partial charge in [0.2, 0.25) is 0 Å². The molecule has 3 unspecified atom stereocenters. The van der Waals surface area contributed by atoms with E-state index in [0.717, 1.165) is 108 Å². The van der Waals surface area contributed by atoms with Crippen LogP contribution in [0.15, 0.2) is 0 Å². The van der Waals surface area contributed by atoms with Crippen molar-refractivity contribution >= 4 is 39.5 Å². The predicted octanol–water partition coefficient (Wildman–Crippen LogP) is 21.8. The van der Waals surface area contributed by atoms with Gasteiger partial charge in [-0.2, -0.15) is 0 Å². The quantitative estimate of drug-likeness (QED) is 0.0222. The second kappa shape index (κ2) is 65.7. The smallest absolute Gasteiger partial charge is 0.462 e. The fourth-order valence-electron chi connectivity index (χ4n) is 11.4. The van der Waals surface area contributed by atoms with Crippen molar-refractivity contribution in [3.05, 3.63) is 0 Å². The second-order valence-electron chi connectivity index (χ2n) is 28.2. The lowest BCUT2D eigenvalue weighted by atomic mass is 9.99. The maximum atomic E-state index is 13.1. The number of esters is 4. The third-order valence-corrected chi connectivity index (χ3v) is 19.6. The molecular formula is C75H146O17P2. The summed E-state index contributed by atoms with van der Waals surface area (Å²) >= 11 is 0. The number of ether oxygens (including phenoxy) is 4. The van der Waals surface area contributed by atoms with Crippen LogP contribution in [0.25, 0.3) is 0 Å². The average Bonchev–Trinajstić information content (AvgIpc) is 1.31. The summed E-state index contributed by atoms with van der Waals surface area (Å²) in [7, 11) is -9.91. The van der Waals surface area contributed by atoms with Gasteiger partial charge in [-0.25, -0.2) is 9.13 Å². The molecule has 0 saturated heterocycles. The Kier molecular flexibility index (Phi) is 64.3. The van der Waals surface area contributed by atoms with Crippen LogP contribution < -0.4 is 0 Å². The number of carbonyl (C=O) groups is 4. The Morgan fingerprint density at radius 1 is 0.309 bits per heavy atom. The van der Waals surface area contributed by atoms with Crippen LogP contribution in [0.5, 0.6) is 0 Å². The number of unbranched alkanes of at least 4 members (excludes halogenated alkanes) is 40. The van der Waals surface area contributed by atoms with E-state index >= 15 is 0 Å². The molecule has 94 heavy (non-hydrogen) atoms. The Morgan fingerprint density at radius 3 is 0.809 bits per heavy atom. The highest BCUT2D eigenvalue weighted by Gasteiger charge is 2.30. The summed E-state index contributed by atoms with van der Waals surface area (Å²) in [5.74, 6) is 0.172. The predicted molar refractivity (Wildman–Crippen MR) is 381 cm³/mol. The molecule has 0 heterocycles. The van der Waals surface area contributed by atoms with Crippen molar-refractivity contribution in [3.63, 3.8) is 0 Å². The van der Waals surface area contributed by atoms with E-state index in [1.807, 2.05) is 0 Å². The van der Waals surface area contributed by atoms with Crippen LogP contribution in [0, 0.1) is 17.8 Å². The first-order valence-corrected chi connectivity index (χ1v) is 41.9. The molecule has 3 N–H and O–H groups in total. The average molecular weight is 1380 g/mol. The van der Waals surface area contributed by atoms with Gasteiger partial charge in [0.05, 0.1) is 26.4 Å². The Bertz CT molecular complexity index is 1840. The molecule has 0 aliphatic carbocycles. The first kappa shape index (κ1) is 92.1. The minimum absolute atomic E-state index is 0.105. The van der Waals surface area contributed by atoms with E-state index in [9.17, 15) is 43.2 Å². The van der Waals surface area contributed by atoms with Gasteiger partial charge in [-0.1, -0.05) is 331 Å². The number of aliphatic hydroxyl groups excluding tert-OH is 1. The number of hydrogen-bond donors (Lipinski definition) is 3. The zero-order valence-corrected chi connectivity index (χ0v) is 63.2. The Balaban J connectivity index is 5.27. The Hall–Kier alpha value is -1.94. The summed E-state index contributed by atoms with van der Waals surface area (Å²) in [4.78, 5) is 72.8. The summed E-state index contributed by atoms with van der Waals surface area (Å²) in [5, 5.41) is 10.6. The minimum Gasteiger partial charge on any atom is -0.462 e. The first-order valence-electron chi connectivity index (χ1n) is 38.9. The fourth-order valence-corrected chi connectivity index (χ4v) is 13.0. The van der Waals surface area contributed by atoms with Gasteiger partial charge in [0.1, 0.15) is 19.3 Å². The highest BCUT2D eigenvalue weighted by atomic mass is 31.2. The van der Waals surface area contributed by atoms with Crippen LogP contribution in [-0.4, -0.2) is 96.7 Å². The molecule has 0 radical (unpaired) electrons. The fraction of sp³-hybridized carbons (Fsp3) is 0.947. The summed E-state index contributed by atoms with van der Waals surface area (Å²) < 4.78 is 68.5. The molecule has 0 aliphatic rings. The van der Waals surface area contributed by atoms with Crippen molar-refractivity contribution in [2.75, 3.05) is 39.6 Å². The summed E-state index contributed by atoms with van der Waals surface area (Å²) in [6.45, 7) is 11.9. The van der Waals surface area contributed by atoms with Gasteiger partial charge in [-0.15, -0.1) is 0 Å². The molecule has 17 nitrogen and oxygen atoms in total. The summed E-state index contributed by atoms with van der Waals surface area (Å²) in [6.07, 6.45) is 51.2.